The summed E-state index contributed by atoms with van der Waals surface area (Å²) in [5, 5.41) is 23.3. The number of carbonyl (C=O) groups excluding carboxylic acids is 2. The van der Waals surface area contributed by atoms with E-state index in [2.05, 4.69) is 43.5 Å². The predicted octanol–water partition coefficient (Wildman–Crippen LogP) is 19.0. The van der Waals surface area contributed by atoms with Gasteiger partial charge in [0.1, 0.15) is 0 Å². The van der Waals surface area contributed by atoms with Crippen molar-refractivity contribution in [2.75, 3.05) is 13.2 Å². The van der Waals surface area contributed by atoms with Crippen LogP contribution in [0.15, 0.2) is 24.3 Å². The first kappa shape index (κ1) is 66.3. The number of unbranched alkanes of at least 4 members (excludes halogenated alkanes) is 42. The Labute approximate surface area is 424 Å². The third-order valence-corrected chi connectivity index (χ3v) is 14.3. The highest BCUT2D eigenvalue weighted by Gasteiger charge is 2.20. The SMILES string of the molecule is CCCCCCCCCCCCCCCCCCC(=O)OCC/C=C\C/C=C\CCCCCCCCCCCCCCCCC(=O)NC(CO)C(O)CCCCCCCCCCCCCCCC. The van der Waals surface area contributed by atoms with Crippen molar-refractivity contribution >= 4 is 11.9 Å². The average Bonchev–Trinajstić information content (AvgIpc) is 3.34. The molecule has 0 saturated heterocycles. The van der Waals surface area contributed by atoms with Crippen LogP contribution in [0.3, 0.4) is 0 Å². The maximum Gasteiger partial charge on any atom is 0.305 e. The first-order chi connectivity index (χ1) is 33.5. The lowest BCUT2D eigenvalue weighted by molar-refractivity contribution is -0.143. The second-order valence-electron chi connectivity index (χ2n) is 21.0. The molecule has 0 aromatic rings. The molecule has 0 radical (unpaired) electrons. The minimum atomic E-state index is -0.667. The zero-order chi connectivity index (χ0) is 49.3. The van der Waals surface area contributed by atoms with E-state index in [1.807, 2.05) is 0 Å². The van der Waals surface area contributed by atoms with Crippen molar-refractivity contribution in [3.05, 3.63) is 24.3 Å². The number of hydrogen-bond acceptors (Lipinski definition) is 5. The molecule has 0 bridgehead atoms. The molecule has 6 heteroatoms. The lowest BCUT2D eigenvalue weighted by Gasteiger charge is -2.22. The molecule has 402 valence electrons. The van der Waals surface area contributed by atoms with Crippen molar-refractivity contribution in [2.24, 2.45) is 0 Å². The molecule has 2 atom stereocenters. The minimum absolute atomic E-state index is 0.0314. The van der Waals surface area contributed by atoms with Crippen molar-refractivity contribution < 1.29 is 24.5 Å². The zero-order valence-electron chi connectivity index (χ0n) is 45.9. The van der Waals surface area contributed by atoms with E-state index in [1.165, 1.54) is 250 Å². The van der Waals surface area contributed by atoms with Crippen LogP contribution in [0.4, 0.5) is 0 Å². The molecule has 0 aromatic carbocycles. The molecular formula is C62H119NO5. The van der Waals surface area contributed by atoms with E-state index in [0.29, 0.717) is 25.9 Å². The van der Waals surface area contributed by atoms with Gasteiger partial charge in [0, 0.05) is 12.8 Å². The summed E-state index contributed by atoms with van der Waals surface area (Å²) in [5.74, 6) is -0.0696. The molecule has 0 heterocycles. The maximum atomic E-state index is 12.5. The highest BCUT2D eigenvalue weighted by Crippen LogP contribution is 2.18. The number of hydrogen-bond donors (Lipinski definition) is 3. The monoisotopic (exact) mass is 958 g/mol. The van der Waals surface area contributed by atoms with Gasteiger partial charge in [-0.3, -0.25) is 9.59 Å². The van der Waals surface area contributed by atoms with Crippen LogP contribution in [0.2, 0.25) is 0 Å². The van der Waals surface area contributed by atoms with Gasteiger partial charge in [-0.2, -0.15) is 0 Å². The number of amides is 1. The third kappa shape index (κ3) is 53.7. The van der Waals surface area contributed by atoms with Gasteiger partial charge in [-0.25, -0.2) is 0 Å². The molecule has 0 aliphatic carbocycles. The molecule has 0 aliphatic rings. The van der Waals surface area contributed by atoms with Crippen LogP contribution in [0.1, 0.15) is 335 Å². The molecule has 1 amide bonds. The predicted molar refractivity (Wildman–Crippen MR) is 296 cm³/mol. The minimum Gasteiger partial charge on any atom is -0.465 e. The number of carbonyl (C=O) groups is 2. The second kappa shape index (κ2) is 57.9. The van der Waals surface area contributed by atoms with Gasteiger partial charge in [0.05, 0.1) is 25.4 Å². The van der Waals surface area contributed by atoms with Gasteiger partial charge in [-0.1, -0.05) is 301 Å². The van der Waals surface area contributed by atoms with E-state index < -0.39 is 12.1 Å². The summed E-state index contributed by atoms with van der Waals surface area (Å²) in [5.41, 5.74) is 0. The van der Waals surface area contributed by atoms with E-state index in [1.54, 1.807) is 0 Å². The number of aliphatic hydroxyl groups excluding tert-OH is 2. The van der Waals surface area contributed by atoms with Crippen molar-refractivity contribution in [1.82, 2.24) is 5.32 Å². The Balaban J connectivity index is 3.43. The molecule has 0 aromatic heterocycles. The number of ether oxygens (including phenoxy) is 1. The highest BCUT2D eigenvalue weighted by atomic mass is 16.5. The van der Waals surface area contributed by atoms with E-state index in [0.717, 1.165) is 51.4 Å². The number of rotatable bonds is 57. The first-order valence-electron chi connectivity index (χ1n) is 30.6. The van der Waals surface area contributed by atoms with Crippen LogP contribution in [-0.4, -0.2) is 47.4 Å². The normalized spacial score (nSPS) is 12.7. The molecule has 2 unspecified atom stereocenters. The van der Waals surface area contributed by atoms with Gasteiger partial charge in [-0.15, -0.1) is 0 Å². The summed E-state index contributed by atoms with van der Waals surface area (Å²) in [6.07, 6.45) is 70.5. The fraction of sp³-hybridized carbons (Fsp3) is 0.903. The van der Waals surface area contributed by atoms with Crippen LogP contribution in [0.5, 0.6) is 0 Å². The van der Waals surface area contributed by atoms with Gasteiger partial charge in [-0.05, 0) is 44.9 Å². The third-order valence-electron chi connectivity index (χ3n) is 14.3. The topological polar surface area (TPSA) is 95.9 Å². The van der Waals surface area contributed by atoms with E-state index in [9.17, 15) is 19.8 Å². The Bertz CT molecular complexity index is 1060. The van der Waals surface area contributed by atoms with Crippen LogP contribution in [0.25, 0.3) is 0 Å². The van der Waals surface area contributed by atoms with Gasteiger partial charge >= 0.3 is 5.97 Å². The van der Waals surface area contributed by atoms with E-state index in [-0.39, 0.29) is 18.5 Å². The van der Waals surface area contributed by atoms with E-state index >= 15 is 0 Å². The molecule has 3 N–H and O–H groups in total. The van der Waals surface area contributed by atoms with Crippen molar-refractivity contribution in [1.29, 1.82) is 0 Å². The molecule has 0 saturated carbocycles. The summed E-state index contributed by atoms with van der Waals surface area (Å²) < 4.78 is 5.43. The molecule has 6 nitrogen and oxygen atoms in total. The van der Waals surface area contributed by atoms with Crippen LogP contribution in [-0.2, 0) is 14.3 Å². The van der Waals surface area contributed by atoms with Gasteiger partial charge in [0.15, 0.2) is 0 Å². The number of esters is 1. The number of aliphatic hydroxyl groups is 2. The Hall–Kier alpha value is -1.66. The summed E-state index contributed by atoms with van der Waals surface area (Å²) >= 11 is 0. The second-order valence-corrected chi connectivity index (χ2v) is 21.0. The first-order valence-corrected chi connectivity index (χ1v) is 30.6. The van der Waals surface area contributed by atoms with Crippen LogP contribution < -0.4 is 5.32 Å². The molecule has 0 rings (SSSR count). The Morgan fingerprint density at radius 1 is 0.412 bits per heavy atom. The molecule has 0 aliphatic heterocycles. The number of nitrogens with one attached hydrogen (secondary N) is 1. The fourth-order valence-electron chi connectivity index (χ4n) is 9.60. The van der Waals surface area contributed by atoms with Gasteiger partial charge in [0.25, 0.3) is 0 Å². The van der Waals surface area contributed by atoms with Crippen LogP contribution in [0, 0.1) is 0 Å². The molecule has 0 fully saturated rings. The fourth-order valence-corrected chi connectivity index (χ4v) is 9.60. The van der Waals surface area contributed by atoms with E-state index in [4.69, 9.17) is 4.74 Å². The lowest BCUT2D eigenvalue weighted by Crippen LogP contribution is -2.45. The summed E-state index contributed by atoms with van der Waals surface area (Å²) in [6.45, 7) is 4.86. The summed E-state index contributed by atoms with van der Waals surface area (Å²) in [6, 6.07) is -0.544. The highest BCUT2D eigenvalue weighted by molar-refractivity contribution is 5.76. The average molecular weight is 959 g/mol. The lowest BCUT2D eigenvalue weighted by atomic mass is 10.0. The Morgan fingerprint density at radius 2 is 0.735 bits per heavy atom. The Morgan fingerprint density at radius 3 is 1.12 bits per heavy atom. The summed E-state index contributed by atoms with van der Waals surface area (Å²) in [4.78, 5) is 24.5. The maximum absolute atomic E-state index is 12.5. The number of allylic oxidation sites excluding steroid dienone is 3. The molecular weight excluding hydrogens is 839 g/mol. The zero-order valence-corrected chi connectivity index (χ0v) is 45.9. The largest absolute Gasteiger partial charge is 0.465 e. The summed E-state index contributed by atoms with van der Waals surface area (Å²) in [7, 11) is 0. The Kier molecular flexibility index (Phi) is 56.5. The van der Waals surface area contributed by atoms with Crippen molar-refractivity contribution in [3.63, 3.8) is 0 Å². The molecule has 0 spiro atoms. The van der Waals surface area contributed by atoms with Gasteiger partial charge in [0.2, 0.25) is 5.91 Å². The van der Waals surface area contributed by atoms with Crippen molar-refractivity contribution in [2.45, 2.75) is 347 Å². The van der Waals surface area contributed by atoms with Crippen molar-refractivity contribution in [3.8, 4) is 0 Å². The van der Waals surface area contributed by atoms with Gasteiger partial charge < -0.3 is 20.3 Å². The molecule has 68 heavy (non-hydrogen) atoms. The van der Waals surface area contributed by atoms with Crippen LogP contribution >= 0.6 is 0 Å². The standard InChI is InChI=1S/C62H119NO5/c1-3-5-7-9-11-13-15-17-19-28-32-36-40-44-48-52-56-62(67)68-57-53-49-45-41-37-33-29-26-24-22-20-21-23-25-27-31-35-39-43-47-51-55-61(66)63-59(58-64)60(65)54-50-46-42-38-34-30-18-16-14-12-10-8-6-4-2/h33,37,45,49,59-60,64-65H,3-32,34-36,38-44,46-48,50-58H2,1-2H3,(H,63,66)/b37-33-,49-45-. The smallest absolute Gasteiger partial charge is 0.305 e. The quantitative estimate of drug-likeness (QED) is 0.0321.